The average molecular weight is 527 g/mol. The van der Waals surface area contributed by atoms with Crippen LogP contribution in [-0.4, -0.2) is 44.8 Å². The number of ether oxygens (including phenoxy) is 2. The Morgan fingerprint density at radius 2 is 1.95 bits per heavy atom. The predicted octanol–water partition coefficient (Wildman–Crippen LogP) is 6.12. The SMILES string of the molecule is CCCCCOc1ccc(C2c3c(-c4cc(C)cc(C)c4O)n[nH]c3C(=O)N2Cc2cccnc2)cc1OC. The molecule has 4 aromatic rings. The van der Waals surface area contributed by atoms with E-state index < -0.39 is 6.04 Å². The number of phenols is 1. The van der Waals surface area contributed by atoms with Crippen LogP contribution in [0.1, 0.15) is 70.5 Å². The Labute approximate surface area is 228 Å². The molecule has 0 aliphatic carbocycles. The summed E-state index contributed by atoms with van der Waals surface area (Å²) in [6.45, 7) is 6.96. The van der Waals surface area contributed by atoms with Crippen LogP contribution < -0.4 is 9.47 Å². The standard InChI is InChI=1S/C31H34N4O4/c1-5-6-7-13-39-24-11-10-22(16-25(24)38-4)29-26-27(23-15-19(2)14-20(3)30(23)36)33-34-28(26)31(37)35(29)18-21-9-8-12-32-17-21/h8-12,14-17,29,36H,5-7,13,18H2,1-4H3,(H,33,34). The Morgan fingerprint density at radius 3 is 2.69 bits per heavy atom. The Balaban J connectivity index is 1.61. The van der Waals surface area contributed by atoms with Gasteiger partial charge in [0, 0.05) is 30.1 Å². The highest BCUT2D eigenvalue weighted by atomic mass is 16.5. The van der Waals surface area contributed by atoms with E-state index in [4.69, 9.17) is 9.47 Å². The van der Waals surface area contributed by atoms with Gasteiger partial charge in [0.2, 0.25) is 0 Å². The molecule has 1 atom stereocenters. The van der Waals surface area contributed by atoms with Crippen molar-refractivity contribution in [1.82, 2.24) is 20.1 Å². The highest BCUT2D eigenvalue weighted by molar-refractivity contribution is 6.00. The molecular formula is C31H34N4O4. The first-order valence-electron chi connectivity index (χ1n) is 13.3. The van der Waals surface area contributed by atoms with Gasteiger partial charge in [-0.1, -0.05) is 38.0 Å². The zero-order chi connectivity index (χ0) is 27.5. The molecule has 0 bridgehead atoms. The second kappa shape index (κ2) is 11.2. The third-order valence-electron chi connectivity index (χ3n) is 7.15. The molecule has 3 heterocycles. The van der Waals surface area contributed by atoms with E-state index in [1.807, 2.05) is 56.3 Å². The van der Waals surface area contributed by atoms with Gasteiger partial charge in [-0.05, 0) is 66.8 Å². The summed E-state index contributed by atoms with van der Waals surface area (Å²) in [6.07, 6.45) is 6.67. The number of amides is 1. The summed E-state index contributed by atoms with van der Waals surface area (Å²) in [5, 5.41) is 18.5. The van der Waals surface area contributed by atoms with Crippen molar-refractivity contribution in [2.75, 3.05) is 13.7 Å². The van der Waals surface area contributed by atoms with Crippen LogP contribution in [0.3, 0.4) is 0 Å². The number of hydrogen-bond acceptors (Lipinski definition) is 6. The van der Waals surface area contributed by atoms with Crippen LogP contribution in [0.25, 0.3) is 11.3 Å². The number of H-pyrrole nitrogens is 1. The second-order valence-electron chi connectivity index (χ2n) is 10.0. The molecule has 0 fully saturated rings. The average Bonchev–Trinajstić information content (AvgIpc) is 3.48. The van der Waals surface area contributed by atoms with Crippen LogP contribution in [-0.2, 0) is 6.54 Å². The molecule has 8 heteroatoms. The van der Waals surface area contributed by atoms with Gasteiger partial charge in [0.1, 0.15) is 17.1 Å². The van der Waals surface area contributed by atoms with Crippen molar-refractivity contribution in [2.45, 2.75) is 52.6 Å². The second-order valence-corrected chi connectivity index (χ2v) is 10.0. The summed E-state index contributed by atoms with van der Waals surface area (Å²) in [7, 11) is 1.62. The van der Waals surface area contributed by atoms with E-state index in [9.17, 15) is 9.90 Å². The fraction of sp³-hybridized carbons (Fsp3) is 0.323. The van der Waals surface area contributed by atoms with Crippen LogP contribution in [0.15, 0.2) is 54.9 Å². The molecule has 1 unspecified atom stereocenters. The van der Waals surface area contributed by atoms with Crippen LogP contribution in [0.2, 0.25) is 0 Å². The fourth-order valence-corrected chi connectivity index (χ4v) is 5.25. The monoisotopic (exact) mass is 526 g/mol. The van der Waals surface area contributed by atoms with Crippen molar-refractivity contribution in [3.8, 4) is 28.5 Å². The molecule has 0 radical (unpaired) electrons. The zero-order valence-corrected chi connectivity index (χ0v) is 22.8. The smallest absolute Gasteiger partial charge is 0.273 e. The summed E-state index contributed by atoms with van der Waals surface area (Å²) in [4.78, 5) is 19.8. The van der Waals surface area contributed by atoms with Gasteiger partial charge in [-0.15, -0.1) is 0 Å². The zero-order valence-electron chi connectivity index (χ0n) is 22.8. The lowest BCUT2D eigenvalue weighted by atomic mass is 9.93. The minimum Gasteiger partial charge on any atom is -0.507 e. The molecule has 1 amide bonds. The van der Waals surface area contributed by atoms with E-state index >= 15 is 0 Å². The first-order chi connectivity index (χ1) is 18.9. The van der Waals surface area contributed by atoms with Gasteiger partial charge in [0.15, 0.2) is 11.5 Å². The Morgan fingerprint density at radius 1 is 1.10 bits per heavy atom. The maximum Gasteiger partial charge on any atom is 0.273 e. The van der Waals surface area contributed by atoms with Crippen molar-refractivity contribution in [1.29, 1.82) is 0 Å². The maximum absolute atomic E-state index is 13.8. The number of aromatic nitrogens is 3. The third-order valence-corrected chi connectivity index (χ3v) is 7.15. The molecule has 1 aliphatic heterocycles. The molecule has 0 saturated heterocycles. The fourth-order valence-electron chi connectivity index (χ4n) is 5.25. The number of carbonyl (C=O) groups is 1. The number of methoxy groups -OCH3 is 1. The van der Waals surface area contributed by atoms with E-state index in [2.05, 4.69) is 22.1 Å². The number of hydrogen-bond donors (Lipinski definition) is 2. The number of aromatic hydroxyl groups is 1. The number of nitrogens with zero attached hydrogens (tertiary/aromatic N) is 3. The highest BCUT2D eigenvalue weighted by Gasteiger charge is 2.43. The van der Waals surface area contributed by atoms with Gasteiger partial charge in [-0.3, -0.25) is 14.9 Å². The number of rotatable bonds is 10. The van der Waals surface area contributed by atoms with Gasteiger partial charge >= 0.3 is 0 Å². The highest BCUT2D eigenvalue weighted by Crippen LogP contribution is 2.47. The van der Waals surface area contributed by atoms with E-state index in [-0.39, 0.29) is 11.7 Å². The number of carbonyl (C=O) groups excluding carboxylic acids is 1. The molecule has 39 heavy (non-hydrogen) atoms. The van der Waals surface area contributed by atoms with Crippen LogP contribution in [0, 0.1) is 13.8 Å². The number of fused-ring (bicyclic) bond motifs is 1. The van der Waals surface area contributed by atoms with E-state index in [0.29, 0.717) is 41.6 Å². The largest absolute Gasteiger partial charge is 0.507 e. The number of nitrogens with one attached hydrogen (secondary N) is 1. The van der Waals surface area contributed by atoms with Crippen molar-refractivity contribution in [2.24, 2.45) is 0 Å². The first-order valence-corrected chi connectivity index (χ1v) is 13.3. The number of phenolic OH excluding ortho intramolecular Hbond substituents is 1. The van der Waals surface area contributed by atoms with Crippen molar-refractivity contribution in [3.05, 3.63) is 88.4 Å². The van der Waals surface area contributed by atoms with Gasteiger partial charge in [-0.2, -0.15) is 5.10 Å². The first kappa shape index (κ1) is 26.3. The number of aromatic amines is 1. The normalized spacial score (nSPS) is 14.5. The number of unbranched alkanes of at least 4 members (excludes halogenated alkanes) is 2. The predicted molar refractivity (Wildman–Crippen MR) is 149 cm³/mol. The van der Waals surface area contributed by atoms with Gasteiger partial charge < -0.3 is 19.5 Å². The lowest BCUT2D eigenvalue weighted by molar-refractivity contribution is 0.0729. The summed E-state index contributed by atoms with van der Waals surface area (Å²) >= 11 is 0. The molecule has 2 N–H and O–H groups in total. The molecule has 202 valence electrons. The quantitative estimate of drug-likeness (QED) is 0.242. The Bertz CT molecular complexity index is 1480. The molecule has 1 aliphatic rings. The lowest BCUT2D eigenvalue weighted by Gasteiger charge is -2.27. The van der Waals surface area contributed by atoms with Gasteiger partial charge in [-0.25, -0.2) is 0 Å². The van der Waals surface area contributed by atoms with Crippen molar-refractivity contribution < 1.29 is 19.4 Å². The summed E-state index contributed by atoms with van der Waals surface area (Å²) in [5.41, 5.74) is 5.80. The number of pyridine rings is 1. The summed E-state index contributed by atoms with van der Waals surface area (Å²) < 4.78 is 11.7. The van der Waals surface area contributed by atoms with E-state index in [1.54, 1.807) is 24.4 Å². The summed E-state index contributed by atoms with van der Waals surface area (Å²) in [6, 6.07) is 13.0. The molecule has 0 spiro atoms. The van der Waals surface area contributed by atoms with E-state index in [0.717, 1.165) is 47.1 Å². The van der Waals surface area contributed by atoms with Crippen molar-refractivity contribution >= 4 is 5.91 Å². The van der Waals surface area contributed by atoms with E-state index in [1.165, 1.54) is 0 Å². The molecule has 5 rings (SSSR count). The van der Waals surface area contributed by atoms with Crippen LogP contribution >= 0.6 is 0 Å². The molecule has 0 saturated carbocycles. The third kappa shape index (κ3) is 5.06. The maximum atomic E-state index is 13.8. The van der Waals surface area contributed by atoms with Crippen LogP contribution in [0.4, 0.5) is 0 Å². The van der Waals surface area contributed by atoms with Gasteiger partial charge in [0.05, 0.1) is 19.8 Å². The molecule has 8 nitrogen and oxygen atoms in total. The number of aryl methyl sites for hydroxylation is 2. The molecule has 2 aromatic heterocycles. The Hall–Kier alpha value is -4.33. The minimum absolute atomic E-state index is 0.153. The van der Waals surface area contributed by atoms with Crippen LogP contribution in [0.5, 0.6) is 17.2 Å². The molecule has 2 aromatic carbocycles. The number of benzene rings is 2. The minimum atomic E-state index is -0.468. The van der Waals surface area contributed by atoms with Crippen molar-refractivity contribution in [3.63, 3.8) is 0 Å². The lowest BCUT2D eigenvalue weighted by Crippen LogP contribution is -2.29. The van der Waals surface area contributed by atoms with Gasteiger partial charge in [0.25, 0.3) is 5.91 Å². The topological polar surface area (TPSA) is 101 Å². The Kier molecular flexibility index (Phi) is 7.54. The summed E-state index contributed by atoms with van der Waals surface area (Å²) in [5.74, 6) is 1.26. The molecular weight excluding hydrogens is 492 g/mol.